The molecule has 0 radical (unpaired) electrons. The fraction of sp³-hybridized carbons (Fsp3) is 0.0952. The fourth-order valence-electron chi connectivity index (χ4n) is 2.43. The monoisotopic (exact) mass is 374 g/mol. The molecule has 7 heteroatoms. The number of ketones is 2. The van der Waals surface area contributed by atoms with Crippen LogP contribution in [0.15, 0.2) is 60.9 Å². The Morgan fingerprint density at radius 2 is 1.25 bits per heavy atom. The van der Waals surface area contributed by atoms with Crippen molar-refractivity contribution in [1.82, 2.24) is 9.97 Å². The number of benzene rings is 2. The van der Waals surface area contributed by atoms with E-state index in [1.807, 2.05) is 0 Å². The van der Waals surface area contributed by atoms with Crippen LogP contribution in [-0.4, -0.2) is 27.4 Å². The lowest BCUT2D eigenvalue weighted by Gasteiger charge is -2.07. The number of carbonyl (C=O) groups excluding carboxylic acids is 3. The Morgan fingerprint density at radius 1 is 0.714 bits per heavy atom. The van der Waals surface area contributed by atoms with Gasteiger partial charge >= 0.3 is 0 Å². The van der Waals surface area contributed by atoms with Crippen molar-refractivity contribution in [3.63, 3.8) is 0 Å². The second-order valence-corrected chi connectivity index (χ2v) is 6.13. The van der Waals surface area contributed by atoms with E-state index in [4.69, 9.17) is 0 Å². The summed E-state index contributed by atoms with van der Waals surface area (Å²) in [5.74, 6) is 0.0266. The molecule has 2 N–H and O–H groups in total. The van der Waals surface area contributed by atoms with Crippen LogP contribution in [-0.2, 0) is 0 Å². The molecule has 0 aliphatic rings. The minimum absolute atomic E-state index is 0.00218. The van der Waals surface area contributed by atoms with Gasteiger partial charge in [-0.15, -0.1) is 0 Å². The maximum atomic E-state index is 12.3. The molecule has 0 aliphatic carbocycles. The molecule has 28 heavy (non-hydrogen) atoms. The summed E-state index contributed by atoms with van der Waals surface area (Å²) >= 11 is 0. The first kappa shape index (κ1) is 18.9. The van der Waals surface area contributed by atoms with Gasteiger partial charge in [0.2, 0.25) is 0 Å². The fourth-order valence-corrected chi connectivity index (χ4v) is 2.43. The Labute approximate surface area is 161 Å². The van der Waals surface area contributed by atoms with Crippen molar-refractivity contribution in [1.29, 1.82) is 0 Å². The van der Waals surface area contributed by atoms with Crippen LogP contribution in [0.1, 0.15) is 45.1 Å². The zero-order valence-corrected chi connectivity index (χ0v) is 15.4. The molecular weight excluding hydrogens is 356 g/mol. The highest BCUT2D eigenvalue weighted by Gasteiger charge is 2.09. The lowest BCUT2D eigenvalue weighted by molar-refractivity contribution is 0.100. The molecule has 0 bridgehead atoms. The van der Waals surface area contributed by atoms with E-state index in [0.717, 1.165) is 5.69 Å². The third-order valence-corrected chi connectivity index (χ3v) is 4.00. The van der Waals surface area contributed by atoms with E-state index in [9.17, 15) is 14.4 Å². The normalized spacial score (nSPS) is 10.2. The lowest BCUT2D eigenvalue weighted by Crippen LogP contribution is -2.14. The van der Waals surface area contributed by atoms with Gasteiger partial charge in [-0.1, -0.05) is 0 Å². The van der Waals surface area contributed by atoms with Crippen LogP contribution in [0, 0.1) is 0 Å². The van der Waals surface area contributed by atoms with Gasteiger partial charge in [0.15, 0.2) is 11.6 Å². The molecule has 1 aromatic heterocycles. The number of nitrogens with one attached hydrogen (secondary N) is 2. The molecule has 1 amide bonds. The Hall–Kier alpha value is -3.87. The first-order valence-corrected chi connectivity index (χ1v) is 8.55. The molecule has 0 aliphatic heterocycles. The van der Waals surface area contributed by atoms with Gasteiger partial charge in [0.05, 0.1) is 12.4 Å². The van der Waals surface area contributed by atoms with E-state index in [2.05, 4.69) is 20.6 Å². The molecule has 0 saturated carbocycles. The molecule has 0 atom stereocenters. The van der Waals surface area contributed by atoms with Gasteiger partial charge in [-0.05, 0) is 62.4 Å². The third-order valence-electron chi connectivity index (χ3n) is 4.00. The molecule has 7 nitrogen and oxygen atoms in total. The van der Waals surface area contributed by atoms with Crippen molar-refractivity contribution in [3.05, 3.63) is 77.7 Å². The van der Waals surface area contributed by atoms with Crippen LogP contribution in [0.5, 0.6) is 0 Å². The first-order chi connectivity index (χ1) is 13.4. The van der Waals surface area contributed by atoms with Crippen LogP contribution < -0.4 is 10.6 Å². The van der Waals surface area contributed by atoms with E-state index in [0.29, 0.717) is 22.6 Å². The number of Topliss-reactive ketones (excluding diaryl/α,β-unsaturated/α-hetero) is 2. The largest absolute Gasteiger partial charge is 0.339 e. The molecule has 0 spiro atoms. The highest BCUT2D eigenvalue weighted by atomic mass is 16.2. The molecule has 0 saturated heterocycles. The summed E-state index contributed by atoms with van der Waals surface area (Å²) in [7, 11) is 0. The van der Waals surface area contributed by atoms with Crippen molar-refractivity contribution in [2.24, 2.45) is 0 Å². The molecule has 0 unspecified atom stereocenters. The predicted octanol–water partition coefficient (Wildman–Crippen LogP) is 3.88. The molecule has 3 rings (SSSR count). The van der Waals surface area contributed by atoms with Gasteiger partial charge in [0, 0.05) is 22.5 Å². The second kappa shape index (κ2) is 8.22. The predicted molar refractivity (Wildman–Crippen MR) is 106 cm³/mol. The number of hydrogen-bond donors (Lipinski definition) is 2. The van der Waals surface area contributed by atoms with Crippen molar-refractivity contribution in [3.8, 4) is 0 Å². The molecule has 140 valence electrons. The van der Waals surface area contributed by atoms with E-state index >= 15 is 0 Å². The summed E-state index contributed by atoms with van der Waals surface area (Å²) in [6.45, 7) is 2.99. The highest BCUT2D eigenvalue weighted by molar-refractivity contribution is 6.03. The van der Waals surface area contributed by atoms with Crippen LogP contribution in [0.4, 0.5) is 17.2 Å². The number of hydrogen-bond acceptors (Lipinski definition) is 6. The SMILES string of the molecule is CC(=O)c1ccc(NC(=O)c2cnc(Nc3ccc(C(C)=O)cc3)cn2)cc1. The van der Waals surface area contributed by atoms with Gasteiger partial charge < -0.3 is 10.6 Å². The number of rotatable bonds is 6. The lowest BCUT2D eigenvalue weighted by atomic mass is 10.1. The Balaban J connectivity index is 1.63. The average Bonchev–Trinajstić information content (AvgIpc) is 2.69. The van der Waals surface area contributed by atoms with Crippen molar-refractivity contribution < 1.29 is 14.4 Å². The van der Waals surface area contributed by atoms with Crippen LogP contribution >= 0.6 is 0 Å². The maximum absolute atomic E-state index is 12.3. The van der Waals surface area contributed by atoms with E-state index < -0.39 is 5.91 Å². The van der Waals surface area contributed by atoms with E-state index in [-0.39, 0.29) is 17.3 Å². The minimum atomic E-state index is -0.402. The molecule has 3 aromatic rings. The number of nitrogens with zero attached hydrogens (tertiary/aromatic N) is 2. The summed E-state index contributed by atoms with van der Waals surface area (Å²) in [4.78, 5) is 43.2. The molecule has 0 fully saturated rings. The molecule has 2 aromatic carbocycles. The Bertz CT molecular complexity index is 1010. The number of anilines is 3. The quantitative estimate of drug-likeness (QED) is 0.635. The van der Waals surface area contributed by atoms with Crippen molar-refractivity contribution >= 4 is 34.7 Å². The van der Waals surface area contributed by atoms with Gasteiger partial charge in [0.1, 0.15) is 11.5 Å². The van der Waals surface area contributed by atoms with Gasteiger partial charge in [-0.2, -0.15) is 0 Å². The summed E-state index contributed by atoms with van der Waals surface area (Å²) < 4.78 is 0. The summed E-state index contributed by atoms with van der Waals surface area (Å²) in [6, 6.07) is 13.6. The zero-order valence-electron chi connectivity index (χ0n) is 15.4. The Morgan fingerprint density at radius 3 is 1.71 bits per heavy atom. The number of carbonyl (C=O) groups is 3. The average molecular weight is 374 g/mol. The van der Waals surface area contributed by atoms with Gasteiger partial charge in [-0.3, -0.25) is 14.4 Å². The second-order valence-electron chi connectivity index (χ2n) is 6.13. The minimum Gasteiger partial charge on any atom is -0.339 e. The zero-order chi connectivity index (χ0) is 20.1. The van der Waals surface area contributed by atoms with Crippen LogP contribution in [0.3, 0.4) is 0 Å². The summed E-state index contributed by atoms with van der Waals surface area (Å²) in [5.41, 5.74) is 2.67. The van der Waals surface area contributed by atoms with Crippen molar-refractivity contribution in [2.45, 2.75) is 13.8 Å². The van der Waals surface area contributed by atoms with Gasteiger partial charge in [0.25, 0.3) is 5.91 Å². The smallest absolute Gasteiger partial charge is 0.275 e. The summed E-state index contributed by atoms with van der Waals surface area (Å²) in [6.07, 6.45) is 2.82. The maximum Gasteiger partial charge on any atom is 0.275 e. The topological polar surface area (TPSA) is 101 Å². The van der Waals surface area contributed by atoms with Crippen LogP contribution in [0.25, 0.3) is 0 Å². The third kappa shape index (κ3) is 4.64. The molecule has 1 heterocycles. The van der Waals surface area contributed by atoms with E-state index in [1.54, 1.807) is 48.5 Å². The number of amides is 1. The molecular formula is C21H18N4O3. The first-order valence-electron chi connectivity index (χ1n) is 8.55. The number of aromatic nitrogens is 2. The van der Waals surface area contributed by atoms with Gasteiger partial charge in [-0.25, -0.2) is 9.97 Å². The standard InChI is InChI=1S/C21H18N4O3/c1-13(26)15-3-7-17(8-4-15)24-20-12-22-19(11-23-20)21(28)25-18-9-5-16(6-10-18)14(2)27/h3-12H,1-2H3,(H,23,24)(H,25,28). The van der Waals surface area contributed by atoms with Crippen molar-refractivity contribution in [2.75, 3.05) is 10.6 Å². The van der Waals surface area contributed by atoms with Crippen LogP contribution in [0.2, 0.25) is 0 Å². The highest BCUT2D eigenvalue weighted by Crippen LogP contribution is 2.16. The summed E-state index contributed by atoms with van der Waals surface area (Å²) in [5, 5.41) is 5.76. The van der Waals surface area contributed by atoms with E-state index in [1.165, 1.54) is 26.2 Å². The Kier molecular flexibility index (Phi) is 5.55.